The lowest BCUT2D eigenvalue weighted by Crippen LogP contribution is -2.05. The van der Waals surface area contributed by atoms with Gasteiger partial charge in [-0.25, -0.2) is 14.2 Å². The lowest BCUT2D eigenvalue weighted by Gasteiger charge is -2.05. The number of esters is 1. The maximum absolute atomic E-state index is 13.3. The summed E-state index contributed by atoms with van der Waals surface area (Å²) in [6.45, 7) is 2.79. The van der Waals surface area contributed by atoms with Crippen LogP contribution in [0.3, 0.4) is 0 Å². The van der Waals surface area contributed by atoms with Gasteiger partial charge in [-0.15, -0.1) is 0 Å². The molecule has 0 saturated heterocycles. The van der Waals surface area contributed by atoms with E-state index in [1.807, 2.05) is 24.3 Å². The van der Waals surface area contributed by atoms with Crippen molar-refractivity contribution in [1.29, 1.82) is 0 Å². The molecule has 3 rings (SSSR count). The van der Waals surface area contributed by atoms with Gasteiger partial charge in [0.1, 0.15) is 11.6 Å². The van der Waals surface area contributed by atoms with Crippen molar-refractivity contribution >= 4 is 17.9 Å². The van der Waals surface area contributed by atoms with Crippen LogP contribution in [0.25, 0.3) is 6.08 Å². The Labute approximate surface area is 145 Å². The third kappa shape index (κ3) is 4.32. The quantitative estimate of drug-likeness (QED) is 0.447. The van der Waals surface area contributed by atoms with Crippen molar-refractivity contribution in [2.24, 2.45) is 4.99 Å². The summed E-state index contributed by atoms with van der Waals surface area (Å²) >= 11 is 0. The molecule has 0 amide bonds. The van der Waals surface area contributed by atoms with Crippen LogP contribution in [-0.2, 0) is 9.53 Å². The highest BCUT2D eigenvalue weighted by atomic mass is 19.1. The monoisotopic (exact) mass is 339 g/mol. The second kappa shape index (κ2) is 7.75. The minimum absolute atomic E-state index is 0.107. The molecule has 1 aliphatic heterocycles. The summed E-state index contributed by atoms with van der Waals surface area (Å²) in [5.41, 5.74) is 1.41. The van der Waals surface area contributed by atoms with E-state index in [0.29, 0.717) is 12.2 Å². The standard InChI is InChI=1S/C20H18FNO3/c1-2-3-11-24-17-9-7-14(8-10-17)12-18-20(23)25-19(22-18)15-5-4-6-16(21)13-15/h4-10,12-13H,2-3,11H2,1H3/b18-12+. The third-order valence-electron chi connectivity index (χ3n) is 3.64. The van der Waals surface area contributed by atoms with Crippen LogP contribution in [0.1, 0.15) is 30.9 Å². The van der Waals surface area contributed by atoms with Gasteiger partial charge in [-0.1, -0.05) is 31.5 Å². The first kappa shape index (κ1) is 16.9. The molecule has 0 unspecified atom stereocenters. The smallest absolute Gasteiger partial charge is 0.363 e. The molecule has 0 fully saturated rings. The zero-order chi connectivity index (χ0) is 17.6. The molecule has 0 spiro atoms. The Morgan fingerprint density at radius 3 is 2.72 bits per heavy atom. The molecule has 2 aromatic rings. The molecule has 0 aromatic heterocycles. The van der Waals surface area contributed by atoms with E-state index in [9.17, 15) is 9.18 Å². The number of aliphatic imine (C=N–C) groups is 1. The van der Waals surface area contributed by atoms with Gasteiger partial charge in [0, 0.05) is 5.56 Å². The van der Waals surface area contributed by atoms with Gasteiger partial charge < -0.3 is 9.47 Å². The molecule has 1 heterocycles. The first-order valence-corrected chi connectivity index (χ1v) is 8.17. The summed E-state index contributed by atoms with van der Waals surface area (Å²) in [6, 6.07) is 13.2. The maximum Gasteiger partial charge on any atom is 0.363 e. The highest BCUT2D eigenvalue weighted by molar-refractivity contribution is 6.12. The number of cyclic esters (lactones) is 1. The molecule has 0 aliphatic carbocycles. The largest absolute Gasteiger partial charge is 0.494 e. The van der Waals surface area contributed by atoms with Crippen molar-refractivity contribution in [1.82, 2.24) is 0 Å². The number of hydrogen-bond donors (Lipinski definition) is 0. The molecule has 5 heteroatoms. The van der Waals surface area contributed by atoms with Crippen LogP contribution in [0.4, 0.5) is 4.39 Å². The number of rotatable bonds is 6. The summed E-state index contributed by atoms with van der Waals surface area (Å²) in [6.07, 6.45) is 3.72. The maximum atomic E-state index is 13.3. The lowest BCUT2D eigenvalue weighted by atomic mass is 10.2. The summed E-state index contributed by atoms with van der Waals surface area (Å²) in [5, 5.41) is 0. The predicted octanol–water partition coefficient (Wildman–Crippen LogP) is 4.35. The average Bonchev–Trinajstić information content (AvgIpc) is 2.97. The van der Waals surface area contributed by atoms with E-state index in [-0.39, 0.29) is 11.6 Å². The van der Waals surface area contributed by atoms with E-state index < -0.39 is 11.8 Å². The van der Waals surface area contributed by atoms with Crippen LogP contribution in [-0.4, -0.2) is 18.5 Å². The molecular weight excluding hydrogens is 321 g/mol. The summed E-state index contributed by atoms with van der Waals surface area (Å²) in [5.74, 6) is -0.0707. The van der Waals surface area contributed by atoms with Gasteiger partial charge in [-0.05, 0) is 48.4 Å². The molecule has 0 N–H and O–H groups in total. The van der Waals surface area contributed by atoms with Crippen molar-refractivity contribution in [2.75, 3.05) is 6.61 Å². The Hall–Kier alpha value is -2.95. The average molecular weight is 339 g/mol. The summed E-state index contributed by atoms with van der Waals surface area (Å²) < 4.78 is 24.0. The van der Waals surface area contributed by atoms with Gasteiger partial charge >= 0.3 is 5.97 Å². The van der Waals surface area contributed by atoms with Crippen molar-refractivity contribution in [3.05, 3.63) is 71.2 Å². The molecular formula is C20H18FNO3. The Kier molecular flexibility index (Phi) is 5.23. The summed E-state index contributed by atoms with van der Waals surface area (Å²) in [7, 11) is 0. The number of hydrogen-bond acceptors (Lipinski definition) is 4. The van der Waals surface area contributed by atoms with Crippen LogP contribution >= 0.6 is 0 Å². The first-order chi connectivity index (χ1) is 12.2. The number of carbonyl (C=O) groups excluding carboxylic acids is 1. The molecule has 128 valence electrons. The molecule has 0 atom stereocenters. The van der Waals surface area contributed by atoms with Crippen LogP contribution in [0.2, 0.25) is 0 Å². The Bertz CT molecular complexity index is 825. The Morgan fingerprint density at radius 2 is 2.00 bits per heavy atom. The Balaban J connectivity index is 1.75. The van der Waals surface area contributed by atoms with Gasteiger partial charge in [-0.3, -0.25) is 0 Å². The third-order valence-corrected chi connectivity index (χ3v) is 3.64. The van der Waals surface area contributed by atoms with E-state index in [1.54, 1.807) is 18.2 Å². The van der Waals surface area contributed by atoms with Crippen LogP contribution in [0.15, 0.2) is 59.2 Å². The normalized spacial score (nSPS) is 15.2. The van der Waals surface area contributed by atoms with Crippen molar-refractivity contribution in [3.8, 4) is 5.75 Å². The molecule has 0 radical (unpaired) electrons. The van der Waals surface area contributed by atoms with E-state index in [4.69, 9.17) is 9.47 Å². The highest BCUT2D eigenvalue weighted by Gasteiger charge is 2.24. The number of ether oxygens (including phenoxy) is 2. The van der Waals surface area contributed by atoms with E-state index >= 15 is 0 Å². The zero-order valence-electron chi connectivity index (χ0n) is 13.9. The van der Waals surface area contributed by atoms with Gasteiger partial charge in [0.2, 0.25) is 5.90 Å². The molecule has 4 nitrogen and oxygen atoms in total. The van der Waals surface area contributed by atoms with Crippen molar-refractivity contribution in [2.45, 2.75) is 19.8 Å². The fourth-order valence-corrected chi connectivity index (χ4v) is 2.31. The number of benzene rings is 2. The fourth-order valence-electron chi connectivity index (χ4n) is 2.31. The molecule has 25 heavy (non-hydrogen) atoms. The molecule has 2 aromatic carbocycles. The second-order valence-corrected chi connectivity index (χ2v) is 5.62. The topological polar surface area (TPSA) is 47.9 Å². The number of halogens is 1. The van der Waals surface area contributed by atoms with Gasteiger partial charge in [0.25, 0.3) is 0 Å². The van der Waals surface area contributed by atoms with Crippen molar-refractivity contribution < 1.29 is 18.7 Å². The number of carbonyl (C=O) groups is 1. The van der Waals surface area contributed by atoms with Crippen molar-refractivity contribution in [3.63, 3.8) is 0 Å². The molecule has 1 aliphatic rings. The van der Waals surface area contributed by atoms with Gasteiger partial charge in [0.15, 0.2) is 5.70 Å². The minimum Gasteiger partial charge on any atom is -0.494 e. The predicted molar refractivity (Wildman–Crippen MR) is 93.9 cm³/mol. The van der Waals surface area contributed by atoms with Gasteiger partial charge in [0.05, 0.1) is 6.61 Å². The number of unbranched alkanes of at least 4 members (excludes halogenated alkanes) is 1. The van der Waals surface area contributed by atoms with Crippen LogP contribution in [0, 0.1) is 5.82 Å². The number of nitrogens with zero attached hydrogens (tertiary/aromatic N) is 1. The van der Waals surface area contributed by atoms with Crippen LogP contribution < -0.4 is 4.74 Å². The van der Waals surface area contributed by atoms with E-state index in [2.05, 4.69) is 11.9 Å². The SMILES string of the molecule is CCCCOc1ccc(/C=C2/N=C(c3cccc(F)c3)OC2=O)cc1. The lowest BCUT2D eigenvalue weighted by molar-refractivity contribution is -0.129. The second-order valence-electron chi connectivity index (χ2n) is 5.62. The van der Waals surface area contributed by atoms with Crippen LogP contribution in [0.5, 0.6) is 5.75 Å². The summed E-state index contributed by atoms with van der Waals surface area (Å²) in [4.78, 5) is 16.1. The minimum atomic E-state index is -0.553. The zero-order valence-corrected chi connectivity index (χ0v) is 13.9. The first-order valence-electron chi connectivity index (χ1n) is 8.17. The Morgan fingerprint density at radius 1 is 1.20 bits per heavy atom. The van der Waals surface area contributed by atoms with E-state index in [0.717, 1.165) is 24.2 Å². The van der Waals surface area contributed by atoms with Gasteiger partial charge in [-0.2, -0.15) is 0 Å². The molecule has 0 saturated carbocycles. The fraction of sp³-hybridized carbons (Fsp3) is 0.200. The highest BCUT2D eigenvalue weighted by Crippen LogP contribution is 2.21. The van der Waals surface area contributed by atoms with E-state index in [1.165, 1.54) is 12.1 Å². The molecule has 0 bridgehead atoms.